The van der Waals surface area contributed by atoms with E-state index < -0.39 is 6.04 Å². The van der Waals surface area contributed by atoms with E-state index in [9.17, 15) is 9.59 Å². The van der Waals surface area contributed by atoms with Gasteiger partial charge in [0.25, 0.3) is 5.91 Å². The first-order valence-corrected chi connectivity index (χ1v) is 7.06. The van der Waals surface area contributed by atoms with E-state index in [0.29, 0.717) is 11.3 Å². The number of nitrogens with two attached hydrogens (primary N) is 1. The number of rotatable bonds is 5. The van der Waals surface area contributed by atoms with Crippen molar-refractivity contribution in [3.8, 4) is 0 Å². The zero-order valence-electron chi connectivity index (χ0n) is 12.6. The lowest BCUT2D eigenvalue weighted by Crippen LogP contribution is -2.39. The fraction of sp³-hybridized carbons (Fsp3) is 0.467. The van der Waals surface area contributed by atoms with Crippen molar-refractivity contribution in [2.24, 2.45) is 5.73 Å². The van der Waals surface area contributed by atoms with Crippen LogP contribution in [-0.2, 0) is 9.53 Å². The summed E-state index contributed by atoms with van der Waals surface area (Å²) in [5.74, 6) is -0.267. The second-order valence-corrected chi connectivity index (χ2v) is 5.13. The summed E-state index contributed by atoms with van der Waals surface area (Å²) in [5, 5.41) is 2.69. The van der Waals surface area contributed by atoms with E-state index >= 15 is 0 Å². The number of likely N-dealkylation sites (tertiary alicyclic amines) is 1. The monoisotopic (exact) mass is 327 g/mol. The minimum absolute atomic E-state index is 0. The first-order valence-electron chi connectivity index (χ1n) is 7.06. The van der Waals surface area contributed by atoms with Crippen LogP contribution in [0.4, 0.5) is 5.69 Å². The quantitative estimate of drug-likeness (QED) is 0.852. The van der Waals surface area contributed by atoms with Crippen LogP contribution in [-0.4, -0.2) is 49.6 Å². The Kier molecular flexibility index (Phi) is 7.31. The van der Waals surface area contributed by atoms with Gasteiger partial charge in [0.15, 0.2) is 0 Å². The molecule has 1 heterocycles. The summed E-state index contributed by atoms with van der Waals surface area (Å²) in [6, 6.07) is 6.15. The van der Waals surface area contributed by atoms with Crippen LogP contribution in [0.25, 0.3) is 0 Å². The summed E-state index contributed by atoms with van der Waals surface area (Å²) in [6.45, 7) is 1.81. The Morgan fingerprint density at radius 1 is 1.27 bits per heavy atom. The van der Waals surface area contributed by atoms with E-state index in [1.807, 2.05) is 4.90 Å². The third-order valence-electron chi connectivity index (χ3n) is 3.48. The molecular formula is C15H22ClN3O3. The largest absolute Gasteiger partial charge is 0.383 e. The molecule has 1 fully saturated rings. The highest BCUT2D eigenvalue weighted by atomic mass is 35.5. The fourth-order valence-electron chi connectivity index (χ4n) is 2.29. The molecule has 1 aromatic rings. The van der Waals surface area contributed by atoms with Crippen molar-refractivity contribution in [1.29, 1.82) is 0 Å². The summed E-state index contributed by atoms with van der Waals surface area (Å²) in [6.07, 6.45) is 2.13. The Morgan fingerprint density at radius 2 is 1.86 bits per heavy atom. The number of hydrogen-bond acceptors (Lipinski definition) is 4. The molecule has 0 radical (unpaired) electrons. The number of halogens is 1. The molecule has 3 N–H and O–H groups in total. The first-order chi connectivity index (χ1) is 10.1. The van der Waals surface area contributed by atoms with Crippen LogP contribution >= 0.6 is 12.4 Å². The predicted octanol–water partition coefficient (Wildman–Crippen LogP) is 1.26. The smallest absolute Gasteiger partial charge is 0.253 e. The number of amides is 2. The van der Waals surface area contributed by atoms with E-state index in [1.165, 1.54) is 7.11 Å². The minimum atomic E-state index is -0.707. The maximum Gasteiger partial charge on any atom is 0.253 e. The van der Waals surface area contributed by atoms with E-state index in [4.69, 9.17) is 10.5 Å². The highest BCUT2D eigenvalue weighted by molar-refractivity contribution is 5.97. The van der Waals surface area contributed by atoms with Gasteiger partial charge in [0, 0.05) is 31.5 Å². The van der Waals surface area contributed by atoms with Crippen LogP contribution in [0.3, 0.4) is 0 Å². The Morgan fingerprint density at radius 3 is 2.41 bits per heavy atom. The third kappa shape index (κ3) is 4.69. The van der Waals surface area contributed by atoms with Crippen LogP contribution in [0.1, 0.15) is 23.2 Å². The average molecular weight is 328 g/mol. The number of ether oxygens (including phenoxy) is 1. The molecule has 2 rings (SSSR count). The molecule has 122 valence electrons. The average Bonchev–Trinajstić information content (AvgIpc) is 3.01. The molecule has 1 unspecified atom stereocenters. The number of carbonyl (C=O) groups is 2. The number of benzene rings is 1. The molecular weight excluding hydrogens is 306 g/mol. The first kappa shape index (κ1) is 18.4. The number of nitrogens with zero attached hydrogens (tertiary/aromatic N) is 1. The van der Waals surface area contributed by atoms with Crippen molar-refractivity contribution in [3.05, 3.63) is 29.8 Å². The highest BCUT2D eigenvalue weighted by Gasteiger charge is 2.19. The van der Waals surface area contributed by atoms with Crippen molar-refractivity contribution in [3.63, 3.8) is 0 Å². The van der Waals surface area contributed by atoms with E-state index in [0.717, 1.165) is 25.9 Å². The van der Waals surface area contributed by atoms with Crippen LogP contribution < -0.4 is 11.1 Å². The van der Waals surface area contributed by atoms with Gasteiger partial charge in [-0.3, -0.25) is 9.59 Å². The van der Waals surface area contributed by atoms with Crippen molar-refractivity contribution in [2.45, 2.75) is 18.9 Å². The minimum Gasteiger partial charge on any atom is -0.383 e. The van der Waals surface area contributed by atoms with Crippen LogP contribution in [0, 0.1) is 0 Å². The molecule has 0 bridgehead atoms. The molecule has 1 aliphatic rings. The highest BCUT2D eigenvalue weighted by Crippen LogP contribution is 2.15. The van der Waals surface area contributed by atoms with Crippen LogP contribution in [0.2, 0.25) is 0 Å². The lowest BCUT2D eigenvalue weighted by molar-refractivity contribution is -0.118. The maximum absolute atomic E-state index is 12.2. The number of hydrogen-bond donors (Lipinski definition) is 2. The predicted molar refractivity (Wildman–Crippen MR) is 87.3 cm³/mol. The van der Waals surface area contributed by atoms with E-state index in [-0.39, 0.29) is 30.8 Å². The molecule has 0 aromatic heterocycles. The summed E-state index contributed by atoms with van der Waals surface area (Å²) in [7, 11) is 1.49. The van der Waals surface area contributed by atoms with Crippen molar-refractivity contribution >= 4 is 29.9 Å². The summed E-state index contributed by atoms with van der Waals surface area (Å²) in [4.78, 5) is 25.8. The van der Waals surface area contributed by atoms with Gasteiger partial charge in [-0.05, 0) is 37.1 Å². The van der Waals surface area contributed by atoms with Gasteiger partial charge in [0.05, 0.1) is 6.61 Å². The molecule has 2 amide bonds. The van der Waals surface area contributed by atoms with Gasteiger partial charge in [-0.15, -0.1) is 12.4 Å². The number of carbonyl (C=O) groups excluding carboxylic acids is 2. The summed E-state index contributed by atoms with van der Waals surface area (Å²) < 4.78 is 4.83. The number of methoxy groups -OCH3 is 1. The SMILES string of the molecule is COCC(N)C(=O)Nc1ccc(C(=O)N2CCCC2)cc1.Cl. The third-order valence-corrected chi connectivity index (χ3v) is 3.48. The van der Waals surface area contributed by atoms with Gasteiger partial charge < -0.3 is 20.7 Å². The molecule has 1 aromatic carbocycles. The molecule has 6 nitrogen and oxygen atoms in total. The van der Waals surface area contributed by atoms with Gasteiger partial charge in [-0.2, -0.15) is 0 Å². The fourth-order valence-corrected chi connectivity index (χ4v) is 2.29. The van der Waals surface area contributed by atoms with Crippen molar-refractivity contribution in [1.82, 2.24) is 4.90 Å². The number of anilines is 1. The van der Waals surface area contributed by atoms with E-state index in [2.05, 4.69) is 5.32 Å². The second kappa shape index (κ2) is 8.73. The maximum atomic E-state index is 12.2. The zero-order chi connectivity index (χ0) is 15.2. The molecule has 22 heavy (non-hydrogen) atoms. The lowest BCUT2D eigenvalue weighted by Gasteiger charge is -2.15. The van der Waals surface area contributed by atoms with Gasteiger partial charge in [-0.1, -0.05) is 0 Å². The van der Waals surface area contributed by atoms with Gasteiger partial charge in [0.2, 0.25) is 5.91 Å². The molecule has 0 aliphatic carbocycles. The van der Waals surface area contributed by atoms with Gasteiger partial charge in [-0.25, -0.2) is 0 Å². The lowest BCUT2D eigenvalue weighted by atomic mass is 10.1. The topological polar surface area (TPSA) is 84.7 Å². The van der Waals surface area contributed by atoms with Crippen molar-refractivity contribution in [2.75, 3.05) is 32.1 Å². The van der Waals surface area contributed by atoms with E-state index in [1.54, 1.807) is 24.3 Å². The molecule has 1 atom stereocenters. The zero-order valence-corrected chi connectivity index (χ0v) is 13.4. The van der Waals surface area contributed by atoms with Gasteiger partial charge in [0.1, 0.15) is 6.04 Å². The molecule has 7 heteroatoms. The Labute approximate surface area is 136 Å². The molecule has 0 spiro atoms. The summed E-state index contributed by atoms with van der Waals surface area (Å²) >= 11 is 0. The Balaban J connectivity index is 0.00000242. The Hall–Kier alpha value is -1.63. The standard InChI is InChI=1S/C15H21N3O3.ClH/c1-21-10-13(16)14(19)17-12-6-4-11(5-7-12)15(20)18-8-2-3-9-18;/h4-7,13H,2-3,8-10,16H2,1H3,(H,17,19);1H. The molecule has 1 saturated heterocycles. The van der Waals surface area contributed by atoms with Crippen LogP contribution in [0.15, 0.2) is 24.3 Å². The normalized spacial score (nSPS) is 15.1. The summed E-state index contributed by atoms with van der Waals surface area (Å²) in [5.41, 5.74) is 6.89. The number of nitrogens with one attached hydrogen (secondary N) is 1. The molecule has 0 saturated carbocycles. The van der Waals surface area contributed by atoms with Crippen molar-refractivity contribution < 1.29 is 14.3 Å². The Bertz CT molecular complexity index is 501. The second-order valence-electron chi connectivity index (χ2n) is 5.13. The van der Waals surface area contributed by atoms with Gasteiger partial charge >= 0.3 is 0 Å². The van der Waals surface area contributed by atoms with Crippen LogP contribution in [0.5, 0.6) is 0 Å². The molecule has 1 aliphatic heterocycles.